The summed E-state index contributed by atoms with van der Waals surface area (Å²) in [6.45, 7) is 15.1. The fourth-order valence-corrected chi connectivity index (χ4v) is 9.62. The van der Waals surface area contributed by atoms with E-state index in [1.807, 2.05) is 69.6 Å². The van der Waals surface area contributed by atoms with Gasteiger partial charge in [-0.15, -0.1) is 0 Å². The average Bonchev–Trinajstić information content (AvgIpc) is 3.79. The Morgan fingerprint density at radius 3 is 2.36 bits per heavy atom. The summed E-state index contributed by atoms with van der Waals surface area (Å²) < 4.78 is 33.4. The summed E-state index contributed by atoms with van der Waals surface area (Å²) in [4.78, 5) is 69.6. The summed E-state index contributed by atoms with van der Waals surface area (Å²) in [5, 5.41) is 11.5. The van der Waals surface area contributed by atoms with Gasteiger partial charge in [0, 0.05) is 68.1 Å². The third-order valence-corrected chi connectivity index (χ3v) is 13.1. The van der Waals surface area contributed by atoms with Crippen LogP contribution in [0.25, 0.3) is 11.3 Å². The molecule has 15 nitrogen and oxygen atoms in total. The number of ether oxygens (including phenoxy) is 5. The van der Waals surface area contributed by atoms with Crippen molar-refractivity contribution >= 4 is 23.6 Å². The molecular weight excluding hydrogens is 759 g/mol. The Hall–Kier alpha value is -3.76. The van der Waals surface area contributed by atoms with Gasteiger partial charge in [-0.1, -0.05) is 27.7 Å². The van der Waals surface area contributed by atoms with Crippen LogP contribution in [0.5, 0.6) is 0 Å². The number of imidazole rings is 1. The van der Waals surface area contributed by atoms with E-state index in [9.17, 15) is 24.3 Å². The van der Waals surface area contributed by atoms with Crippen molar-refractivity contribution in [3.63, 3.8) is 0 Å². The van der Waals surface area contributed by atoms with Gasteiger partial charge in [-0.05, 0) is 92.4 Å². The molecule has 1 amide bonds. The number of hydrogen-bond acceptors (Lipinski definition) is 13. The minimum atomic E-state index is -1.40. The smallest absolute Gasteiger partial charge is 0.410 e. The fraction of sp³-hybridized carbons (Fsp3) is 0.727. The molecule has 0 bridgehead atoms. The molecule has 3 fully saturated rings. The highest BCUT2D eigenvalue weighted by atomic mass is 16.7. The number of aryl methyl sites for hydroxylation is 1. The standard InChI is InChI=1S/C44H67N5O10/c1-12-31-35(50)26(3)22-43(7,55-11)39(58-41-37(52)33(47(9)10)21-27(4)56-41)28(5)36(51)29(6)40(53)57-34(13-2)44(8)38(31)49(42(54)59-44)20-15-14-19-48-24-32(46-25-48)30-17-16-18-45-23-30/h16-18,23-29,31,33-34,37-39,41,52H,12-15,19-22H2,1-11H3/t26-,27-,28+,29-,31?,33+,34-,37-,38-,39-,41+,43+,44-/m1/s1. The number of nitrogens with zero attached hydrogens (tertiary/aromatic N) is 5. The predicted molar refractivity (Wildman–Crippen MR) is 219 cm³/mol. The lowest BCUT2D eigenvalue weighted by molar-refractivity contribution is -0.295. The Labute approximate surface area is 349 Å². The number of cyclic esters (lactones) is 1. The molecule has 1 unspecified atom stereocenters. The van der Waals surface area contributed by atoms with Crippen LogP contribution in [0.2, 0.25) is 0 Å². The van der Waals surface area contributed by atoms with Gasteiger partial charge in [-0.2, -0.15) is 0 Å². The Morgan fingerprint density at radius 1 is 1.02 bits per heavy atom. The van der Waals surface area contributed by atoms with E-state index in [1.54, 1.807) is 44.4 Å². The zero-order valence-corrected chi connectivity index (χ0v) is 36.8. The van der Waals surface area contributed by atoms with Gasteiger partial charge in [-0.25, -0.2) is 9.78 Å². The van der Waals surface area contributed by atoms with Crippen LogP contribution in [0, 0.1) is 23.7 Å². The second-order valence-electron chi connectivity index (χ2n) is 17.6. The van der Waals surface area contributed by atoms with Crippen LogP contribution in [0.15, 0.2) is 37.1 Å². The molecule has 3 aliphatic rings. The molecule has 2 aromatic rings. The lowest BCUT2D eigenvalue weighted by atomic mass is 9.72. The van der Waals surface area contributed by atoms with Crippen molar-refractivity contribution in [2.24, 2.45) is 23.7 Å². The summed E-state index contributed by atoms with van der Waals surface area (Å²) in [5.41, 5.74) is -0.935. The van der Waals surface area contributed by atoms with Gasteiger partial charge in [0.05, 0.1) is 35.9 Å². The van der Waals surface area contributed by atoms with Gasteiger partial charge in [0.25, 0.3) is 0 Å². The Kier molecular flexibility index (Phi) is 15.2. The van der Waals surface area contributed by atoms with Crippen molar-refractivity contribution in [1.82, 2.24) is 24.3 Å². The van der Waals surface area contributed by atoms with E-state index < -0.39 is 83.4 Å². The summed E-state index contributed by atoms with van der Waals surface area (Å²) in [6, 6.07) is 2.76. The third kappa shape index (κ3) is 9.75. The Morgan fingerprint density at radius 2 is 1.73 bits per heavy atom. The van der Waals surface area contributed by atoms with E-state index in [0.717, 1.165) is 11.3 Å². The first-order valence-electron chi connectivity index (χ1n) is 21.3. The molecule has 0 spiro atoms. The molecular formula is C44H67N5O10. The highest BCUT2D eigenvalue weighted by Gasteiger charge is 2.61. The van der Waals surface area contributed by atoms with Crippen molar-refractivity contribution in [2.45, 2.75) is 154 Å². The number of carbonyl (C=O) groups excluding carboxylic acids is 4. The minimum absolute atomic E-state index is 0.115. The molecule has 5 heterocycles. The summed E-state index contributed by atoms with van der Waals surface area (Å²) in [7, 11) is 5.25. The van der Waals surface area contributed by atoms with Crippen molar-refractivity contribution in [2.75, 3.05) is 27.7 Å². The van der Waals surface area contributed by atoms with Crippen molar-refractivity contribution in [3.8, 4) is 11.3 Å². The molecule has 59 heavy (non-hydrogen) atoms. The van der Waals surface area contributed by atoms with Crippen LogP contribution in [0.4, 0.5) is 4.79 Å². The van der Waals surface area contributed by atoms with Gasteiger partial charge in [0.15, 0.2) is 17.7 Å². The first kappa shape index (κ1) is 46.3. The van der Waals surface area contributed by atoms with Crippen LogP contribution in [-0.2, 0) is 44.6 Å². The summed E-state index contributed by atoms with van der Waals surface area (Å²) >= 11 is 0. The van der Waals surface area contributed by atoms with Crippen molar-refractivity contribution < 1.29 is 48.0 Å². The number of pyridine rings is 1. The number of aliphatic hydroxyl groups excluding tert-OH is 1. The molecule has 3 saturated heterocycles. The number of fused-ring (bicyclic) bond motifs is 1. The molecule has 0 saturated carbocycles. The van der Waals surface area contributed by atoms with Crippen LogP contribution in [-0.4, -0.2) is 135 Å². The van der Waals surface area contributed by atoms with Crippen molar-refractivity contribution in [3.05, 3.63) is 37.1 Å². The highest BCUT2D eigenvalue weighted by molar-refractivity contribution is 6.00. The largest absolute Gasteiger partial charge is 0.458 e. The predicted octanol–water partition coefficient (Wildman–Crippen LogP) is 5.32. The number of rotatable bonds is 12. The number of unbranched alkanes of at least 4 members (excludes halogenated alkanes) is 1. The lowest BCUT2D eigenvalue weighted by Crippen LogP contribution is -2.60. The molecule has 0 aliphatic carbocycles. The topological polar surface area (TPSA) is 172 Å². The van der Waals surface area contributed by atoms with Crippen LogP contribution >= 0.6 is 0 Å². The fourth-order valence-electron chi connectivity index (χ4n) is 9.62. The van der Waals surface area contributed by atoms with E-state index in [4.69, 9.17) is 23.7 Å². The van der Waals surface area contributed by atoms with Crippen LogP contribution in [0.3, 0.4) is 0 Å². The van der Waals surface area contributed by atoms with E-state index in [-0.39, 0.29) is 30.8 Å². The van der Waals surface area contributed by atoms with Gasteiger partial charge < -0.3 is 43.2 Å². The molecule has 3 aliphatic heterocycles. The first-order valence-corrected chi connectivity index (χ1v) is 21.3. The number of ketones is 2. The van der Waals surface area contributed by atoms with Gasteiger partial charge in [-0.3, -0.25) is 19.4 Å². The molecule has 0 radical (unpaired) electrons. The number of likely N-dealkylation sites (N-methyl/N-ethyl adjacent to an activating group) is 1. The lowest BCUT2D eigenvalue weighted by Gasteiger charge is -2.47. The summed E-state index contributed by atoms with van der Waals surface area (Å²) in [5.74, 6) is -4.85. The van der Waals surface area contributed by atoms with Gasteiger partial charge >= 0.3 is 12.1 Å². The zero-order valence-electron chi connectivity index (χ0n) is 36.8. The molecule has 2 aromatic heterocycles. The molecule has 13 atom stereocenters. The Balaban J connectivity index is 1.46. The maximum absolute atomic E-state index is 14.9. The number of amides is 1. The van der Waals surface area contributed by atoms with Gasteiger partial charge in [0.1, 0.15) is 23.9 Å². The minimum Gasteiger partial charge on any atom is -0.458 e. The molecule has 328 valence electrons. The number of Topliss-reactive ketones (excluding diaryl/α,β-unsaturated/α-hetero) is 2. The number of aromatic nitrogens is 3. The van der Waals surface area contributed by atoms with Crippen molar-refractivity contribution in [1.29, 1.82) is 0 Å². The molecule has 5 rings (SSSR count). The normalized spacial score (nSPS) is 36.3. The van der Waals surface area contributed by atoms with Crippen LogP contribution < -0.4 is 0 Å². The van der Waals surface area contributed by atoms with Crippen LogP contribution in [0.1, 0.15) is 93.9 Å². The van der Waals surface area contributed by atoms with Gasteiger partial charge in [0.2, 0.25) is 0 Å². The quantitative estimate of drug-likeness (QED) is 0.166. The SMILES string of the molecule is CCC1C(=O)[C@H](C)C[C@](C)(OC)[C@H](O[C@@H]2O[C@H](C)C[C@H](N(C)C)[C@H]2O)[C@@H](C)C(=O)[C@@H](C)C(=O)O[C@H](CC)[C@@]2(C)OC(=O)N(CCCCn3cnc(-c4cccnc4)c3)[C@H]12. The molecule has 15 heteroatoms. The molecule has 0 aromatic carbocycles. The maximum atomic E-state index is 14.9. The van der Waals surface area contributed by atoms with E-state index >= 15 is 0 Å². The second-order valence-corrected chi connectivity index (χ2v) is 17.6. The second kappa shape index (κ2) is 19.3. The highest BCUT2D eigenvalue weighted by Crippen LogP contribution is 2.44. The monoisotopic (exact) mass is 825 g/mol. The number of carbonyl (C=O) groups is 4. The van der Waals surface area contributed by atoms with E-state index in [0.29, 0.717) is 38.8 Å². The summed E-state index contributed by atoms with van der Waals surface area (Å²) in [6.07, 6.45) is 4.88. The number of methoxy groups -OCH3 is 1. The number of esters is 1. The average molecular weight is 826 g/mol. The molecule has 1 N–H and O–H groups in total. The number of aliphatic hydroxyl groups is 1. The van der Waals surface area contributed by atoms with E-state index in [1.165, 1.54) is 14.0 Å². The zero-order chi connectivity index (χ0) is 43.4. The Bertz CT molecular complexity index is 1760. The number of hydrogen-bond donors (Lipinski definition) is 1. The first-order chi connectivity index (χ1) is 27.9. The maximum Gasteiger partial charge on any atom is 0.410 e. The van der Waals surface area contributed by atoms with E-state index in [2.05, 4.69) is 9.97 Å². The third-order valence-electron chi connectivity index (χ3n) is 13.1.